The average molecular weight is 373 g/mol. The molecule has 1 nitrogen and oxygen atoms in total. The second-order valence-electron chi connectivity index (χ2n) is 4.36. The van der Waals surface area contributed by atoms with Gasteiger partial charge in [0.2, 0.25) is 0 Å². The Hall–Kier alpha value is -0.230. The molecule has 0 saturated heterocycles. The number of rotatable bonds is 1. The van der Waals surface area contributed by atoms with E-state index in [1.165, 1.54) is 18.2 Å². The summed E-state index contributed by atoms with van der Waals surface area (Å²) in [5.74, 6) is 0. The van der Waals surface area contributed by atoms with Crippen LogP contribution in [0.25, 0.3) is 0 Å². The smallest absolute Gasteiger partial charge is 0.399 e. The Bertz CT molecular complexity index is 470. The van der Waals surface area contributed by atoms with Crippen molar-refractivity contribution in [2.45, 2.75) is 28.2 Å². The van der Waals surface area contributed by atoms with Gasteiger partial charge >= 0.3 is 6.18 Å². The summed E-state index contributed by atoms with van der Waals surface area (Å²) in [6.07, 6.45) is -4.32. The van der Waals surface area contributed by atoms with Crippen LogP contribution >= 0.6 is 31.9 Å². The lowest BCUT2D eigenvalue weighted by atomic mass is 9.93. The van der Waals surface area contributed by atoms with Crippen LogP contribution in [0.3, 0.4) is 0 Å². The normalized spacial score (nSPS) is 26.9. The van der Waals surface area contributed by atoms with Gasteiger partial charge in [0.05, 0.1) is 0 Å². The van der Waals surface area contributed by atoms with Crippen LogP contribution in [0, 0.1) is 6.92 Å². The maximum absolute atomic E-state index is 13.2. The standard InChI is InChI=1S/C11H10Br2F3N/c1-6-4-7(2-3-8(6)17)9(11(14,15)16)5-10(9,12)13/h2-4H,5,17H2,1H3. The van der Waals surface area contributed by atoms with Gasteiger partial charge in [-0.25, -0.2) is 0 Å². The van der Waals surface area contributed by atoms with E-state index in [9.17, 15) is 13.2 Å². The lowest BCUT2D eigenvalue weighted by Crippen LogP contribution is -2.33. The maximum atomic E-state index is 13.2. The van der Waals surface area contributed by atoms with Crippen LogP contribution in [-0.2, 0) is 5.41 Å². The molecule has 0 amide bonds. The molecule has 2 rings (SSSR count). The zero-order valence-electron chi connectivity index (χ0n) is 8.91. The zero-order valence-corrected chi connectivity index (χ0v) is 12.1. The molecule has 2 N–H and O–H groups in total. The zero-order chi connectivity index (χ0) is 13.1. The van der Waals surface area contributed by atoms with Gasteiger partial charge < -0.3 is 5.73 Å². The SMILES string of the molecule is Cc1cc(C2(C(F)(F)F)CC2(Br)Br)ccc1N. The first-order chi connectivity index (χ1) is 7.62. The number of nitrogen functional groups attached to an aromatic ring is 1. The predicted molar refractivity (Wildman–Crippen MR) is 68.5 cm³/mol. The summed E-state index contributed by atoms with van der Waals surface area (Å²) in [7, 11) is 0. The summed E-state index contributed by atoms with van der Waals surface area (Å²) in [6.45, 7) is 1.70. The lowest BCUT2D eigenvalue weighted by Gasteiger charge is -2.23. The van der Waals surface area contributed by atoms with Crippen molar-refractivity contribution < 1.29 is 13.2 Å². The van der Waals surface area contributed by atoms with Gasteiger partial charge in [0.15, 0.2) is 0 Å². The number of anilines is 1. The summed E-state index contributed by atoms with van der Waals surface area (Å²) in [4.78, 5) is 0. The third kappa shape index (κ3) is 1.80. The molecular weight excluding hydrogens is 363 g/mol. The Morgan fingerprint density at radius 3 is 2.18 bits per heavy atom. The number of nitrogens with two attached hydrogens (primary N) is 1. The summed E-state index contributed by atoms with van der Waals surface area (Å²) >= 11 is 6.18. The summed E-state index contributed by atoms with van der Waals surface area (Å²) in [5, 5.41) is 0. The molecule has 0 aliphatic heterocycles. The molecule has 0 heterocycles. The molecule has 1 aliphatic rings. The number of halogens is 5. The van der Waals surface area contributed by atoms with E-state index in [1.54, 1.807) is 6.92 Å². The Morgan fingerprint density at radius 2 is 1.82 bits per heavy atom. The van der Waals surface area contributed by atoms with Crippen molar-refractivity contribution in [3.05, 3.63) is 29.3 Å². The van der Waals surface area contributed by atoms with E-state index in [2.05, 4.69) is 31.9 Å². The van der Waals surface area contributed by atoms with E-state index in [1.807, 2.05) is 0 Å². The highest BCUT2D eigenvalue weighted by Crippen LogP contribution is 2.73. The van der Waals surface area contributed by atoms with Crippen LogP contribution in [0.15, 0.2) is 18.2 Å². The summed E-state index contributed by atoms with van der Waals surface area (Å²) < 4.78 is 38.6. The van der Waals surface area contributed by atoms with Crippen molar-refractivity contribution in [1.82, 2.24) is 0 Å². The van der Waals surface area contributed by atoms with Gasteiger partial charge in [-0.3, -0.25) is 0 Å². The molecule has 6 heteroatoms. The van der Waals surface area contributed by atoms with Gasteiger partial charge in [-0.1, -0.05) is 44.0 Å². The third-order valence-electron chi connectivity index (χ3n) is 3.23. The van der Waals surface area contributed by atoms with Crippen molar-refractivity contribution >= 4 is 37.5 Å². The molecule has 1 aliphatic carbocycles. The van der Waals surface area contributed by atoms with Crippen LogP contribution in [-0.4, -0.2) is 9.41 Å². The molecule has 1 unspecified atom stereocenters. The summed E-state index contributed by atoms with van der Waals surface area (Å²) in [5.41, 5.74) is 5.17. The van der Waals surface area contributed by atoms with Gasteiger partial charge in [0.25, 0.3) is 0 Å². The largest absolute Gasteiger partial charge is 0.400 e. The fourth-order valence-corrected chi connectivity index (χ4v) is 3.76. The van der Waals surface area contributed by atoms with E-state index >= 15 is 0 Å². The van der Waals surface area contributed by atoms with Crippen LogP contribution < -0.4 is 5.73 Å². The van der Waals surface area contributed by atoms with E-state index in [-0.39, 0.29) is 12.0 Å². The highest BCUT2D eigenvalue weighted by Gasteiger charge is 2.79. The van der Waals surface area contributed by atoms with E-state index in [0.717, 1.165) is 0 Å². The number of hydrogen-bond acceptors (Lipinski definition) is 1. The molecular formula is C11H10Br2F3N. The minimum atomic E-state index is -4.30. The second-order valence-corrected chi connectivity index (χ2v) is 8.13. The second kappa shape index (κ2) is 3.63. The highest BCUT2D eigenvalue weighted by molar-refractivity contribution is 9.25. The fourth-order valence-electron chi connectivity index (χ4n) is 2.01. The first-order valence-electron chi connectivity index (χ1n) is 4.93. The van der Waals surface area contributed by atoms with E-state index < -0.39 is 14.8 Å². The molecule has 1 aromatic carbocycles. The molecule has 1 saturated carbocycles. The third-order valence-corrected chi connectivity index (χ3v) is 5.15. The first-order valence-corrected chi connectivity index (χ1v) is 6.51. The Labute approximate surface area is 114 Å². The van der Waals surface area contributed by atoms with Crippen molar-refractivity contribution in [2.24, 2.45) is 0 Å². The number of aryl methyl sites for hydroxylation is 1. The van der Waals surface area contributed by atoms with Gasteiger partial charge in [-0.15, -0.1) is 0 Å². The topological polar surface area (TPSA) is 26.0 Å². The van der Waals surface area contributed by atoms with Crippen molar-refractivity contribution in [3.8, 4) is 0 Å². The Morgan fingerprint density at radius 1 is 1.29 bits per heavy atom. The lowest BCUT2D eigenvalue weighted by molar-refractivity contribution is -0.160. The van der Waals surface area contributed by atoms with Crippen molar-refractivity contribution in [3.63, 3.8) is 0 Å². The molecule has 17 heavy (non-hydrogen) atoms. The predicted octanol–water partition coefficient (Wildman–Crippen LogP) is 4.27. The number of alkyl halides is 5. The van der Waals surface area contributed by atoms with Crippen LogP contribution in [0.1, 0.15) is 17.5 Å². The van der Waals surface area contributed by atoms with Crippen LogP contribution in [0.5, 0.6) is 0 Å². The van der Waals surface area contributed by atoms with Crippen LogP contribution in [0.2, 0.25) is 0 Å². The molecule has 94 valence electrons. The fraction of sp³-hybridized carbons (Fsp3) is 0.455. The van der Waals surface area contributed by atoms with Crippen molar-refractivity contribution in [1.29, 1.82) is 0 Å². The summed E-state index contributed by atoms with van der Waals surface area (Å²) in [6, 6.07) is 4.47. The quantitative estimate of drug-likeness (QED) is 0.578. The highest BCUT2D eigenvalue weighted by atomic mass is 79.9. The van der Waals surface area contributed by atoms with Gasteiger partial charge in [0.1, 0.15) is 8.65 Å². The van der Waals surface area contributed by atoms with Gasteiger partial charge in [-0.2, -0.15) is 13.2 Å². The number of hydrogen-bond donors (Lipinski definition) is 1. The van der Waals surface area contributed by atoms with Gasteiger partial charge in [-0.05, 0) is 30.5 Å². The van der Waals surface area contributed by atoms with Gasteiger partial charge in [0, 0.05) is 5.69 Å². The minimum absolute atomic E-state index is 0.0210. The molecule has 1 aromatic rings. The monoisotopic (exact) mass is 371 g/mol. The van der Waals surface area contributed by atoms with E-state index in [0.29, 0.717) is 11.3 Å². The first kappa shape index (κ1) is 13.2. The molecule has 0 aromatic heterocycles. The van der Waals surface area contributed by atoms with E-state index in [4.69, 9.17) is 5.73 Å². The molecule has 0 radical (unpaired) electrons. The van der Waals surface area contributed by atoms with Crippen molar-refractivity contribution in [2.75, 3.05) is 5.73 Å². The number of benzene rings is 1. The average Bonchev–Trinajstić information content (AvgIpc) is 2.75. The minimum Gasteiger partial charge on any atom is -0.399 e. The maximum Gasteiger partial charge on any atom is 0.400 e. The van der Waals surface area contributed by atoms with Crippen LogP contribution in [0.4, 0.5) is 18.9 Å². The molecule has 0 bridgehead atoms. The molecule has 1 atom stereocenters. The molecule has 0 spiro atoms. The molecule has 1 fully saturated rings. The Kier molecular flexibility index (Phi) is 2.82. The Balaban J connectivity index is 2.54.